The molecule has 0 bridgehead atoms. The fourth-order valence-corrected chi connectivity index (χ4v) is 5.96. The van der Waals surface area contributed by atoms with Crippen molar-refractivity contribution in [3.63, 3.8) is 0 Å². The van der Waals surface area contributed by atoms with Gasteiger partial charge in [-0.1, -0.05) is 24.3 Å². The van der Waals surface area contributed by atoms with Gasteiger partial charge in [0.25, 0.3) is 5.91 Å². The third-order valence-corrected chi connectivity index (χ3v) is 7.82. The van der Waals surface area contributed by atoms with Crippen LogP contribution in [-0.2, 0) is 25.0 Å². The molecule has 4 amide bonds. The van der Waals surface area contributed by atoms with Gasteiger partial charge in [0, 0.05) is 6.04 Å². The first kappa shape index (κ1) is 23.6. The Kier molecular flexibility index (Phi) is 6.22. The molecule has 180 valence electrons. The van der Waals surface area contributed by atoms with Crippen LogP contribution in [0.3, 0.4) is 0 Å². The average Bonchev–Trinajstić information content (AvgIpc) is 3.30. The summed E-state index contributed by atoms with van der Waals surface area (Å²) < 4.78 is 33.7. The molecule has 0 aromatic heterocycles. The van der Waals surface area contributed by atoms with Crippen LogP contribution in [0.25, 0.3) is 0 Å². The van der Waals surface area contributed by atoms with E-state index in [1.165, 1.54) is 14.2 Å². The maximum Gasteiger partial charge on any atom is 0.326 e. The van der Waals surface area contributed by atoms with Crippen molar-refractivity contribution in [1.82, 2.24) is 15.5 Å². The van der Waals surface area contributed by atoms with E-state index >= 15 is 0 Å². The van der Waals surface area contributed by atoms with Gasteiger partial charge in [-0.25, -0.2) is 13.2 Å². The summed E-state index contributed by atoms with van der Waals surface area (Å²) >= 11 is 0. The van der Waals surface area contributed by atoms with Crippen LogP contribution in [0.5, 0.6) is 11.5 Å². The van der Waals surface area contributed by atoms with E-state index in [0.717, 1.165) is 4.90 Å². The van der Waals surface area contributed by atoms with Crippen LogP contribution in [0.1, 0.15) is 17.5 Å². The monoisotopic (exact) mass is 487 g/mol. The minimum Gasteiger partial charge on any atom is -0.497 e. The van der Waals surface area contributed by atoms with Crippen LogP contribution in [0.4, 0.5) is 4.79 Å². The molecule has 2 N–H and O–H groups in total. The quantitative estimate of drug-likeness (QED) is 0.553. The summed E-state index contributed by atoms with van der Waals surface area (Å²) in [5.41, 5.74) is -0.588. The zero-order chi connectivity index (χ0) is 24.5. The number of nitrogens with one attached hydrogen (secondary N) is 2. The number of rotatable bonds is 7. The summed E-state index contributed by atoms with van der Waals surface area (Å²) in [5, 5.41) is 5.38. The van der Waals surface area contributed by atoms with Gasteiger partial charge in [-0.15, -0.1) is 0 Å². The topological polar surface area (TPSA) is 131 Å². The van der Waals surface area contributed by atoms with Gasteiger partial charge in [0.2, 0.25) is 5.91 Å². The van der Waals surface area contributed by atoms with Crippen molar-refractivity contribution in [1.29, 1.82) is 0 Å². The lowest BCUT2D eigenvalue weighted by Gasteiger charge is -2.28. The van der Waals surface area contributed by atoms with E-state index in [1.807, 2.05) is 0 Å². The van der Waals surface area contributed by atoms with Crippen molar-refractivity contribution in [2.75, 3.05) is 32.3 Å². The van der Waals surface area contributed by atoms with Gasteiger partial charge in [-0.3, -0.25) is 14.5 Å². The third-order valence-electron chi connectivity index (χ3n) is 6.05. The Morgan fingerprint density at radius 3 is 2.00 bits per heavy atom. The van der Waals surface area contributed by atoms with Gasteiger partial charge >= 0.3 is 6.03 Å². The number of methoxy groups -OCH3 is 2. The molecule has 0 radical (unpaired) electrons. The normalized spacial score (nSPS) is 20.6. The first-order chi connectivity index (χ1) is 16.2. The highest BCUT2D eigenvalue weighted by molar-refractivity contribution is 7.91. The maximum absolute atomic E-state index is 13.7. The molecule has 2 aromatic rings. The third kappa shape index (κ3) is 4.30. The maximum atomic E-state index is 13.7. The summed E-state index contributed by atoms with van der Waals surface area (Å²) in [7, 11) is -0.146. The second kappa shape index (κ2) is 8.98. The highest BCUT2D eigenvalue weighted by Crippen LogP contribution is 2.37. The second-order valence-electron chi connectivity index (χ2n) is 8.20. The molecule has 11 heteroatoms. The summed E-state index contributed by atoms with van der Waals surface area (Å²) in [5.74, 6) is -0.228. The molecule has 1 atom stereocenters. The van der Waals surface area contributed by atoms with Crippen LogP contribution < -0.4 is 20.1 Å². The molecule has 0 saturated carbocycles. The summed E-state index contributed by atoms with van der Waals surface area (Å²) in [4.78, 5) is 40.1. The van der Waals surface area contributed by atoms with E-state index in [1.54, 1.807) is 48.5 Å². The van der Waals surface area contributed by atoms with Crippen molar-refractivity contribution in [2.45, 2.75) is 18.0 Å². The average molecular weight is 488 g/mol. The largest absolute Gasteiger partial charge is 0.497 e. The number of imide groups is 1. The van der Waals surface area contributed by atoms with Gasteiger partial charge in [0.15, 0.2) is 15.4 Å². The van der Waals surface area contributed by atoms with Crippen molar-refractivity contribution >= 4 is 27.7 Å². The molecule has 0 unspecified atom stereocenters. The minimum atomic E-state index is -3.19. The number of hydrogen-bond acceptors (Lipinski definition) is 7. The molecule has 10 nitrogen and oxygen atoms in total. The lowest BCUT2D eigenvalue weighted by atomic mass is 9.82. The molecule has 2 aromatic carbocycles. The number of ether oxygens (including phenoxy) is 2. The van der Waals surface area contributed by atoms with E-state index in [9.17, 15) is 22.8 Å². The van der Waals surface area contributed by atoms with Crippen molar-refractivity contribution in [2.24, 2.45) is 0 Å². The molecule has 0 aliphatic carbocycles. The molecule has 0 spiro atoms. The van der Waals surface area contributed by atoms with Crippen molar-refractivity contribution in [3.8, 4) is 11.5 Å². The summed E-state index contributed by atoms with van der Waals surface area (Å²) in [6, 6.07) is 12.1. The van der Waals surface area contributed by atoms with E-state index in [0.29, 0.717) is 29.0 Å². The number of urea groups is 1. The number of hydrogen-bond donors (Lipinski definition) is 2. The van der Waals surface area contributed by atoms with E-state index < -0.39 is 45.8 Å². The van der Waals surface area contributed by atoms with Crippen LogP contribution in [-0.4, -0.2) is 69.5 Å². The van der Waals surface area contributed by atoms with Gasteiger partial charge in [0.05, 0.1) is 25.7 Å². The molecule has 2 fully saturated rings. The fourth-order valence-electron chi connectivity index (χ4n) is 4.29. The Bertz CT molecular complexity index is 1160. The summed E-state index contributed by atoms with van der Waals surface area (Å²) in [6.07, 6.45) is 0.301. The minimum absolute atomic E-state index is 0.000865. The molecule has 2 aliphatic heterocycles. The molecule has 4 rings (SSSR count). The first-order valence-electron chi connectivity index (χ1n) is 10.6. The second-order valence-corrected chi connectivity index (χ2v) is 10.4. The summed E-state index contributed by atoms with van der Waals surface area (Å²) in [6.45, 7) is -0.532. The number of sulfone groups is 1. The highest BCUT2D eigenvalue weighted by Gasteiger charge is 2.54. The SMILES string of the molecule is COc1ccc(C2(c3ccc(OC)cc3)NC(=O)N(CC(=O)N[C@H]3CCS(=O)(=O)C3)C2=O)cc1. The smallest absolute Gasteiger partial charge is 0.326 e. The van der Waals surface area contributed by atoms with Gasteiger partial charge < -0.3 is 20.1 Å². The first-order valence-corrected chi connectivity index (χ1v) is 12.4. The predicted octanol–water partition coefficient (Wildman–Crippen LogP) is 0.803. The van der Waals surface area contributed by atoms with Crippen LogP contribution in [0.15, 0.2) is 48.5 Å². The zero-order valence-electron chi connectivity index (χ0n) is 18.7. The van der Waals surface area contributed by atoms with E-state index in [4.69, 9.17) is 9.47 Å². The van der Waals surface area contributed by atoms with Gasteiger partial charge in [-0.05, 0) is 41.8 Å². The van der Waals surface area contributed by atoms with E-state index in [-0.39, 0.29) is 11.5 Å². The van der Waals surface area contributed by atoms with Crippen LogP contribution in [0.2, 0.25) is 0 Å². The number of benzene rings is 2. The standard InChI is InChI=1S/C23H25N3O7S/c1-32-18-7-3-15(4-8-18)23(16-5-9-19(33-2)10-6-16)21(28)26(22(29)25-23)13-20(27)24-17-11-12-34(30,31)14-17/h3-10,17H,11-14H2,1-2H3,(H,24,27)(H,25,29)/t17-/m0/s1. The van der Waals surface area contributed by atoms with Crippen LogP contribution in [0, 0.1) is 0 Å². The van der Waals surface area contributed by atoms with Gasteiger partial charge in [0.1, 0.15) is 18.0 Å². The van der Waals surface area contributed by atoms with Crippen molar-refractivity contribution < 1.29 is 32.3 Å². The molecular formula is C23H25N3O7S. The Morgan fingerprint density at radius 1 is 1.03 bits per heavy atom. The van der Waals surface area contributed by atoms with Crippen molar-refractivity contribution in [3.05, 3.63) is 59.7 Å². The van der Waals surface area contributed by atoms with E-state index in [2.05, 4.69) is 10.6 Å². The lowest BCUT2D eigenvalue weighted by molar-refractivity contribution is -0.134. The number of carbonyl (C=O) groups is 3. The Labute approximate surface area is 197 Å². The van der Waals surface area contributed by atoms with Gasteiger partial charge in [-0.2, -0.15) is 0 Å². The fraction of sp³-hybridized carbons (Fsp3) is 0.348. The number of nitrogens with zero attached hydrogens (tertiary/aromatic N) is 1. The number of amides is 4. The molecular weight excluding hydrogens is 462 g/mol. The predicted molar refractivity (Wildman–Crippen MR) is 122 cm³/mol. The number of carbonyl (C=O) groups excluding carboxylic acids is 3. The molecule has 2 heterocycles. The Morgan fingerprint density at radius 2 is 1.56 bits per heavy atom. The highest BCUT2D eigenvalue weighted by atomic mass is 32.2. The van der Waals surface area contributed by atoms with Crippen LogP contribution >= 0.6 is 0 Å². The molecule has 34 heavy (non-hydrogen) atoms. The molecule has 2 aliphatic rings. The molecule has 2 saturated heterocycles. The Balaban J connectivity index is 1.64. The zero-order valence-corrected chi connectivity index (χ0v) is 19.6. The Hall–Kier alpha value is -3.60. The lowest BCUT2D eigenvalue weighted by Crippen LogP contribution is -2.47.